The molecule has 9 heteroatoms. The van der Waals surface area contributed by atoms with E-state index in [0.717, 1.165) is 23.4 Å². The van der Waals surface area contributed by atoms with E-state index in [9.17, 15) is 9.59 Å². The third-order valence-corrected chi connectivity index (χ3v) is 5.63. The molecule has 0 saturated heterocycles. The number of aryl methyl sites for hydroxylation is 2. The maximum Gasteiger partial charge on any atom is 0.356 e. The first-order valence-electron chi connectivity index (χ1n) is 11.2. The molecule has 182 valence electrons. The van der Waals surface area contributed by atoms with Crippen molar-refractivity contribution in [3.63, 3.8) is 0 Å². The molecule has 1 atom stereocenters. The number of nitrogens with one attached hydrogen (secondary N) is 2. The van der Waals surface area contributed by atoms with Crippen molar-refractivity contribution in [2.75, 3.05) is 38.6 Å². The van der Waals surface area contributed by atoms with Gasteiger partial charge in [0.2, 0.25) is 5.91 Å². The van der Waals surface area contributed by atoms with E-state index >= 15 is 0 Å². The van der Waals surface area contributed by atoms with Crippen molar-refractivity contribution < 1.29 is 23.8 Å². The second kappa shape index (κ2) is 11.5. The number of hydrogen-bond donors (Lipinski definition) is 2. The van der Waals surface area contributed by atoms with Crippen LogP contribution >= 0.6 is 0 Å². The maximum atomic E-state index is 12.9. The van der Waals surface area contributed by atoms with Gasteiger partial charge < -0.3 is 29.4 Å². The van der Waals surface area contributed by atoms with Crippen LogP contribution in [0.4, 0.5) is 11.4 Å². The van der Waals surface area contributed by atoms with Crippen LogP contribution in [0, 0.1) is 0 Å². The summed E-state index contributed by atoms with van der Waals surface area (Å²) < 4.78 is 17.1. The van der Waals surface area contributed by atoms with Gasteiger partial charge in [-0.25, -0.2) is 9.78 Å². The predicted octanol–water partition coefficient (Wildman–Crippen LogP) is 3.87. The van der Waals surface area contributed by atoms with Crippen LogP contribution in [-0.2, 0) is 27.2 Å². The molecule has 2 aromatic heterocycles. The predicted molar refractivity (Wildman–Crippen MR) is 132 cm³/mol. The lowest BCUT2D eigenvalue weighted by Crippen LogP contribution is -2.20. The standard InChI is InChI=1S/C25H32N4O5/c1-6-16(2)27-18-13-20-22(28-21(30)15-32-3)23(25(31)34-5)29(24(20)26-14-18)12-11-17-7-9-19(33-4)10-8-17/h7-10,13-14,16,27H,6,11-12,15H2,1-5H3,(H,28,30). The summed E-state index contributed by atoms with van der Waals surface area (Å²) in [6, 6.07) is 9.88. The zero-order chi connectivity index (χ0) is 24.7. The van der Waals surface area contributed by atoms with Gasteiger partial charge in [-0.3, -0.25) is 4.79 Å². The van der Waals surface area contributed by atoms with Crippen molar-refractivity contribution in [2.24, 2.45) is 0 Å². The van der Waals surface area contributed by atoms with Crippen molar-refractivity contribution in [1.29, 1.82) is 0 Å². The normalized spacial score (nSPS) is 11.8. The van der Waals surface area contributed by atoms with Gasteiger partial charge in [-0.15, -0.1) is 0 Å². The molecular formula is C25H32N4O5. The van der Waals surface area contributed by atoms with Gasteiger partial charge in [0, 0.05) is 25.1 Å². The van der Waals surface area contributed by atoms with E-state index in [1.807, 2.05) is 30.3 Å². The van der Waals surface area contributed by atoms with Gasteiger partial charge in [0.1, 0.15) is 18.0 Å². The third-order valence-electron chi connectivity index (χ3n) is 5.63. The number of carbonyl (C=O) groups excluding carboxylic acids is 2. The molecule has 1 amide bonds. The Morgan fingerprint density at radius 1 is 1.15 bits per heavy atom. The molecule has 0 aliphatic rings. The summed E-state index contributed by atoms with van der Waals surface area (Å²) >= 11 is 0. The van der Waals surface area contributed by atoms with E-state index in [2.05, 4.69) is 29.5 Å². The number of fused-ring (bicyclic) bond motifs is 1. The average Bonchev–Trinajstić information content (AvgIpc) is 3.14. The van der Waals surface area contributed by atoms with Crippen molar-refractivity contribution >= 4 is 34.3 Å². The number of anilines is 2. The van der Waals surface area contributed by atoms with Crippen LogP contribution in [0.2, 0.25) is 0 Å². The van der Waals surface area contributed by atoms with E-state index in [0.29, 0.717) is 29.7 Å². The molecule has 1 unspecified atom stereocenters. The summed E-state index contributed by atoms with van der Waals surface area (Å²) in [5.74, 6) is -0.157. The first-order valence-corrected chi connectivity index (χ1v) is 11.2. The molecule has 0 bridgehead atoms. The minimum Gasteiger partial charge on any atom is -0.497 e. The van der Waals surface area contributed by atoms with Gasteiger partial charge >= 0.3 is 5.97 Å². The number of methoxy groups -OCH3 is 3. The molecule has 3 rings (SSSR count). The third kappa shape index (κ3) is 5.66. The molecule has 0 fully saturated rings. The Hall–Kier alpha value is -3.59. The monoisotopic (exact) mass is 468 g/mol. The van der Waals surface area contributed by atoms with Crippen LogP contribution in [0.5, 0.6) is 5.75 Å². The van der Waals surface area contributed by atoms with Gasteiger partial charge in [-0.05, 0) is 43.5 Å². The molecule has 1 aromatic carbocycles. The lowest BCUT2D eigenvalue weighted by molar-refractivity contribution is -0.119. The molecule has 2 heterocycles. The molecule has 3 aromatic rings. The fraction of sp³-hybridized carbons (Fsp3) is 0.400. The molecular weight excluding hydrogens is 436 g/mol. The highest BCUT2D eigenvalue weighted by atomic mass is 16.5. The quantitative estimate of drug-likeness (QED) is 0.412. The van der Waals surface area contributed by atoms with Gasteiger partial charge in [-0.2, -0.15) is 0 Å². The molecule has 2 N–H and O–H groups in total. The number of pyridine rings is 1. The maximum absolute atomic E-state index is 12.9. The van der Waals surface area contributed by atoms with Gasteiger partial charge in [0.15, 0.2) is 5.69 Å². The number of esters is 1. The Bertz CT molecular complexity index is 1140. The highest BCUT2D eigenvalue weighted by Gasteiger charge is 2.26. The van der Waals surface area contributed by atoms with Crippen molar-refractivity contribution in [3.8, 4) is 5.75 Å². The number of ether oxygens (including phenoxy) is 3. The number of carbonyl (C=O) groups is 2. The summed E-state index contributed by atoms with van der Waals surface area (Å²) in [5.41, 5.74) is 3.05. The van der Waals surface area contributed by atoms with E-state index in [1.54, 1.807) is 17.9 Å². The summed E-state index contributed by atoms with van der Waals surface area (Å²) in [4.78, 5) is 30.0. The Kier molecular flexibility index (Phi) is 8.48. The highest BCUT2D eigenvalue weighted by molar-refractivity contribution is 6.11. The topological polar surface area (TPSA) is 104 Å². The number of hydrogen-bond acceptors (Lipinski definition) is 7. The number of nitrogens with zero attached hydrogens (tertiary/aromatic N) is 2. The van der Waals surface area contributed by atoms with Gasteiger partial charge in [0.25, 0.3) is 0 Å². The Morgan fingerprint density at radius 2 is 1.88 bits per heavy atom. The molecule has 34 heavy (non-hydrogen) atoms. The first kappa shape index (κ1) is 25.0. The minimum atomic E-state index is -0.558. The van der Waals surface area contributed by atoms with Crippen LogP contribution in [0.15, 0.2) is 36.5 Å². The van der Waals surface area contributed by atoms with Crippen LogP contribution in [0.1, 0.15) is 36.3 Å². The molecule has 9 nitrogen and oxygen atoms in total. The summed E-state index contributed by atoms with van der Waals surface area (Å²) in [5, 5.41) is 6.87. The van der Waals surface area contributed by atoms with Crippen LogP contribution in [-0.4, -0.2) is 55.4 Å². The van der Waals surface area contributed by atoms with Gasteiger partial charge in [0.05, 0.1) is 31.8 Å². The van der Waals surface area contributed by atoms with Crippen molar-refractivity contribution in [3.05, 3.63) is 47.8 Å². The fourth-order valence-corrected chi connectivity index (χ4v) is 3.68. The summed E-state index contributed by atoms with van der Waals surface area (Å²) in [6.45, 7) is 4.48. The zero-order valence-corrected chi connectivity index (χ0v) is 20.3. The smallest absolute Gasteiger partial charge is 0.356 e. The van der Waals surface area contributed by atoms with Crippen molar-refractivity contribution in [2.45, 2.75) is 39.3 Å². The highest BCUT2D eigenvalue weighted by Crippen LogP contribution is 2.33. The van der Waals surface area contributed by atoms with E-state index < -0.39 is 5.97 Å². The van der Waals surface area contributed by atoms with E-state index in [1.165, 1.54) is 14.2 Å². The number of rotatable bonds is 11. The van der Waals surface area contributed by atoms with Crippen LogP contribution in [0.25, 0.3) is 11.0 Å². The lowest BCUT2D eigenvalue weighted by atomic mass is 10.1. The second-order valence-corrected chi connectivity index (χ2v) is 7.99. The average molecular weight is 469 g/mol. The second-order valence-electron chi connectivity index (χ2n) is 7.99. The van der Waals surface area contributed by atoms with E-state index in [4.69, 9.17) is 14.2 Å². The number of aromatic nitrogens is 2. The molecule has 0 spiro atoms. The van der Waals surface area contributed by atoms with Gasteiger partial charge in [-0.1, -0.05) is 19.1 Å². The number of amides is 1. The van der Waals surface area contributed by atoms with Crippen LogP contribution in [0.3, 0.4) is 0 Å². The SMILES string of the molecule is CCC(C)Nc1cnc2c(c1)c(NC(=O)COC)c(C(=O)OC)n2CCc1ccc(OC)cc1. The Balaban J connectivity index is 2.09. The Labute approximate surface area is 199 Å². The molecule has 0 aliphatic carbocycles. The zero-order valence-electron chi connectivity index (χ0n) is 20.3. The summed E-state index contributed by atoms with van der Waals surface area (Å²) in [7, 11) is 4.38. The molecule has 0 aliphatic heterocycles. The summed E-state index contributed by atoms with van der Waals surface area (Å²) in [6.07, 6.45) is 3.31. The first-order chi connectivity index (χ1) is 16.4. The minimum absolute atomic E-state index is 0.141. The lowest BCUT2D eigenvalue weighted by Gasteiger charge is -2.13. The van der Waals surface area contributed by atoms with E-state index in [-0.39, 0.29) is 24.2 Å². The van der Waals surface area contributed by atoms with Crippen LogP contribution < -0.4 is 15.4 Å². The number of benzene rings is 1. The largest absolute Gasteiger partial charge is 0.497 e. The Morgan fingerprint density at radius 3 is 2.50 bits per heavy atom. The molecule has 0 radical (unpaired) electrons. The molecule has 0 saturated carbocycles. The van der Waals surface area contributed by atoms with Crippen molar-refractivity contribution in [1.82, 2.24) is 9.55 Å². The fourth-order valence-electron chi connectivity index (χ4n) is 3.68.